The predicted octanol–water partition coefficient (Wildman–Crippen LogP) is 4.47. The summed E-state index contributed by atoms with van der Waals surface area (Å²) < 4.78 is 18.2. The first kappa shape index (κ1) is 22.6. The van der Waals surface area contributed by atoms with E-state index in [1.165, 1.54) is 12.1 Å². The van der Waals surface area contributed by atoms with Crippen LogP contribution < -0.4 is 25.6 Å². The second-order valence-corrected chi connectivity index (χ2v) is 7.25. The lowest BCUT2D eigenvalue weighted by molar-refractivity contribution is 0.0951. The van der Waals surface area contributed by atoms with Gasteiger partial charge in [0.2, 0.25) is 0 Å². The van der Waals surface area contributed by atoms with E-state index in [9.17, 15) is 14.0 Å². The number of urea groups is 1. The number of carbonyl (C=O) groups is 2. The van der Waals surface area contributed by atoms with Crippen LogP contribution in [0.1, 0.15) is 15.9 Å². The molecule has 3 rings (SSSR count). The van der Waals surface area contributed by atoms with Gasteiger partial charge in [0.05, 0.1) is 12.7 Å². The summed E-state index contributed by atoms with van der Waals surface area (Å²) in [5, 5.41) is 8.30. The average molecular weight is 436 g/mol. The molecule has 0 radical (unpaired) electrons. The first-order chi connectivity index (χ1) is 15.4. The largest absolute Gasteiger partial charge is 0.497 e. The van der Waals surface area contributed by atoms with Crippen molar-refractivity contribution in [3.05, 3.63) is 83.7 Å². The van der Waals surface area contributed by atoms with Gasteiger partial charge in [0.25, 0.3) is 5.91 Å². The second-order valence-electron chi connectivity index (χ2n) is 7.25. The molecular weight excluding hydrogens is 411 g/mol. The van der Waals surface area contributed by atoms with Crippen molar-refractivity contribution in [3.8, 4) is 5.75 Å². The maximum absolute atomic E-state index is 13.1. The van der Waals surface area contributed by atoms with Crippen LogP contribution in [0.5, 0.6) is 5.75 Å². The average Bonchev–Trinajstić information content (AvgIpc) is 2.78. The number of hydrogen-bond acceptors (Lipinski definition) is 4. The molecule has 32 heavy (non-hydrogen) atoms. The molecule has 0 aliphatic carbocycles. The zero-order valence-electron chi connectivity index (χ0n) is 18.1. The Morgan fingerprint density at radius 1 is 0.938 bits per heavy atom. The highest BCUT2D eigenvalue weighted by Gasteiger charge is 2.15. The predicted molar refractivity (Wildman–Crippen MR) is 124 cm³/mol. The summed E-state index contributed by atoms with van der Waals surface area (Å²) in [4.78, 5) is 27.1. The lowest BCUT2D eigenvalue weighted by Crippen LogP contribution is -2.26. The van der Waals surface area contributed by atoms with Crippen molar-refractivity contribution in [2.75, 3.05) is 36.7 Å². The van der Waals surface area contributed by atoms with E-state index in [0.717, 1.165) is 5.56 Å². The molecule has 0 aliphatic heterocycles. The third kappa shape index (κ3) is 5.98. The first-order valence-corrected chi connectivity index (χ1v) is 9.92. The number of amides is 3. The van der Waals surface area contributed by atoms with Crippen LogP contribution in [0, 0.1) is 5.82 Å². The molecule has 0 saturated heterocycles. The van der Waals surface area contributed by atoms with E-state index in [-0.39, 0.29) is 18.3 Å². The van der Waals surface area contributed by atoms with Crippen molar-refractivity contribution in [3.63, 3.8) is 0 Å². The van der Waals surface area contributed by atoms with Crippen LogP contribution in [0.3, 0.4) is 0 Å². The van der Waals surface area contributed by atoms with E-state index in [1.807, 2.05) is 19.0 Å². The lowest BCUT2D eigenvalue weighted by atomic mass is 10.1. The molecule has 8 heteroatoms. The first-order valence-electron chi connectivity index (χ1n) is 9.92. The van der Waals surface area contributed by atoms with Crippen LogP contribution in [-0.4, -0.2) is 33.1 Å². The Hall–Kier alpha value is -4.07. The van der Waals surface area contributed by atoms with Crippen LogP contribution in [0.25, 0.3) is 0 Å². The number of halogens is 1. The molecule has 3 amide bonds. The number of carbonyl (C=O) groups excluding carboxylic acids is 2. The highest BCUT2D eigenvalue weighted by molar-refractivity contribution is 6.04. The fourth-order valence-corrected chi connectivity index (χ4v) is 3.06. The SMILES string of the molecule is COc1cccc(NC(=O)Nc2ccc(N(C)C)c(C(=O)NCc3ccc(F)cc3)c2)c1. The van der Waals surface area contributed by atoms with Gasteiger partial charge in [-0.25, -0.2) is 9.18 Å². The smallest absolute Gasteiger partial charge is 0.323 e. The molecule has 0 bridgehead atoms. The van der Waals surface area contributed by atoms with Gasteiger partial charge < -0.3 is 25.6 Å². The molecule has 7 nitrogen and oxygen atoms in total. The summed E-state index contributed by atoms with van der Waals surface area (Å²) in [7, 11) is 5.21. The van der Waals surface area contributed by atoms with Gasteiger partial charge in [-0.2, -0.15) is 0 Å². The van der Waals surface area contributed by atoms with E-state index in [1.54, 1.807) is 61.7 Å². The van der Waals surface area contributed by atoms with Gasteiger partial charge in [-0.1, -0.05) is 18.2 Å². The number of nitrogens with one attached hydrogen (secondary N) is 3. The Kier molecular flexibility index (Phi) is 7.28. The number of rotatable bonds is 7. The Balaban J connectivity index is 1.72. The molecule has 0 fully saturated rings. The standard InChI is InChI=1S/C24H25FN4O3/c1-29(2)22-12-11-19(28-24(31)27-18-5-4-6-20(13-18)32-3)14-21(22)23(30)26-15-16-7-9-17(25)10-8-16/h4-14H,15H2,1-3H3,(H,26,30)(H2,27,28,31). The molecule has 0 atom stereocenters. The van der Waals surface area contributed by atoms with E-state index >= 15 is 0 Å². The Morgan fingerprint density at radius 3 is 2.28 bits per heavy atom. The third-order valence-corrected chi connectivity index (χ3v) is 4.67. The Bertz CT molecular complexity index is 1100. The summed E-state index contributed by atoms with van der Waals surface area (Å²) in [5.41, 5.74) is 2.90. The van der Waals surface area contributed by atoms with Crippen LogP contribution in [0.15, 0.2) is 66.7 Å². The van der Waals surface area contributed by atoms with Gasteiger partial charge >= 0.3 is 6.03 Å². The maximum atomic E-state index is 13.1. The van der Waals surface area contributed by atoms with Crippen LogP contribution >= 0.6 is 0 Å². The molecule has 0 saturated carbocycles. The number of anilines is 3. The second kappa shape index (κ2) is 10.3. The van der Waals surface area contributed by atoms with Gasteiger partial charge in [0.15, 0.2) is 0 Å². The van der Waals surface area contributed by atoms with Crippen molar-refractivity contribution in [2.45, 2.75) is 6.54 Å². The number of benzene rings is 3. The van der Waals surface area contributed by atoms with Crippen molar-refractivity contribution in [1.82, 2.24) is 5.32 Å². The minimum Gasteiger partial charge on any atom is -0.497 e. The van der Waals surface area contributed by atoms with Crippen molar-refractivity contribution in [1.29, 1.82) is 0 Å². The van der Waals surface area contributed by atoms with Gasteiger partial charge in [-0.15, -0.1) is 0 Å². The third-order valence-electron chi connectivity index (χ3n) is 4.67. The van der Waals surface area contributed by atoms with Crippen molar-refractivity contribution in [2.24, 2.45) is 0 Å². The molecule has 3 N–H and O–H groups in total. The van der Waals surface area contributed by atoms with Gasteiger partial charge in [0.1, 0.15) is 11.6 Å². The molecule has 0 unspecified atom stereocenters. The summed E-state index contributed by atoms with van der Waals surface area (Å²) >= 11 is 0. The maximum Gasteiger partial charge on any atom is 0.323 e. The minimum absolute atomic E-state index is 0.250. The summed E-state index contributed by atoms with van der Waals surface area (Å²) in [5.74, 6) is -0.0194. The van der Waals surface area contributed by atoms with Gasteiger partial charge in [0, 0.05) is 43.8 Å². The fourth-order valence-electron chi connectivity index (χ4n) is 3.06. The monoisotopic (exact) mass is 436 g/mol. The van der Waals surface area contributed by atoms with Crippen molar-refractivity contribution >= 4 is 29.0 Å². The lowest BCUT2D eigenvalue weighted by Gasteiger charge is -2.19. The van der Waals surface area contributed by atoms with E-state index < -0.39 is 6.03 Å². The fraction of sp³-hybridized carbons (Fsp3) is 0.167. The Morgan fingerprint density at radius 2 is 1.62 bits per heavy atom. The molecule has 3 aromatic carbocycles. The summed E-state index contributed by atoms with van der Waals surface area (Å²) in [6.45, 7) is 0.250. The number of methoxy groups -OCH3 is 1. The number of hydrogen-bond donors (Lipinski definition) is 3. The molecule has 0 spiro atoms. The molecular formula is C24H25FN4O3. The summed E-state index contributed by atoms with van der Waals surface area (Å²) in [6, 6.07) is 17.5. The molecule has 0 heterocycles. The van der Waals surface area contributed by atoms with Gasteiger partial charge in [-0.3, -0.25) is 4.79 Å². The van der Waals surface area contributed by atoms with Crippen LogP contribution in [0.4, 0.5) is 26.2 Å². The molecule has 166 valence electrons. The number of nitrogens with zero attached hydrogens (tertiary/aromatic N) is 1. The quantitative estimate of drug-likeness (QED) is 0.510. The minimum atomic E-state index is -0.450. The normalized spacial score (nSPS) is 10.2. The van der Waals surface area contributed by atoms with E-state index in [0.29, 0.717) is 28.4 Å². The zero-order chi connectivity index (χ0) is 23.1. The van der Waals surface area contributed by atoms with Gasteiger partial charge in [-0.05, 0) is 48.0 Å². The molecule has 0 aromatic heterocycles. The topological polar surface area (TPSA) is 82.7 Å². The van der Waals surface area contributed by atoms with E-state index in [2.05, 4.69) is 16.0 Å². The molecule has 0 aliphatic rings. The highest BCUT2D eigenvalue weighted by atomic mass is 19.1. The summed E-state index contributed by atoms with van der Waals surface area (Å²) in [6.07, 6.45) is 0. The Labute approximate surface area is 186 Å². The molecule has 3 aromatic rings. The van der Waals surface area contributed by atoms with Crippen LogP contribution in [-0.2, 0) is 6.54 Å². The van der Waals surface area contributed by atoms with Crippen LogP contribution in [0.2, 0.25) is 0 Å². The van der Waals surface area contributed by atoms with Crippen molar-refractivity contribution < 1.29 is 18.7 Å². The number of ether oxygens (including phenoxy) is 1. The highest BCUT2D eigenvalue weighted by Crippen LogP contribution is 2.24. The zero-order valence-corrected chi connectivity index (χ0v) is 18.1. The van der Waals surface area contributed by atoms with E-state index in [4.69, 9.17) is 4.74 Å².